The molecule has 1 aromatic carbocycles. The zero-order valence-corrected chi connectivity index (χ0v) is 22.2. The van der Waals surface area contributed by atoms with E-state index < -0.39 is 12.1 Å². The van der Waals surface area contributed by atoms with E-state index in [4.69, 9.17) is 0 Å². The van der Waals surface area contributed by atoms with E-state index in [2.05, 4.69) is 31.1 Å². The summed E-state index contributed by atoms with van der Waals surface area (Å²) in [5.41, 5.74) is 1.85. The van der Waals surface area contributed by atoms with Crippen LogP contribution in [-0.2, 0) is 15.0 Å². The molecule has 3 heterocycles. The quantitative estimate of drug-likeness (QED) is 0.651. The first-order valence-corrected chi connectivity index (χ1v) is 12.9. The van der Waals surface area contributed by atoms with Crippen molar-refractivity contribution >= 4 is 23.5 Å². The first kappa shape index (κ1) is 26.5. The van der Waals surface area contributed by atoms with Crippen molar-refractivity contribution in [2.75, 3.05) is 13.1 Å². The zero-order valence-electron chi connectivity index (χ0n) is 22.2. The van der Waals surface area contributed by atoms with Crippen molar-refractivity contribution in [1.82, 2.24) is 20.1 Å². The molecule has 1 N–H and O–H groups in total. The SMILES string of the molecule is CC(C)CC(NC(=O)c1ccc(C(C)(C)C)cc1)C(=O)N1CCC2[C@H]1C(=O)CN2C(=O)c1ccccn1. The predicted octanol–water partition coefficient (Wildman–Crippen LogP) is 3.22. The van der Waals surface area contributed by atoms with Gasteiger partial charge in [0.1, 0.15) is 17.8 Å². The van der Waals surface area contributed by atoms with Gasteiger partial charge in [0.2, 0.25) is 5.91 Å². The number of hydrogen-bond donors (Lipinski definition) is 1. The van der Waals surface area contributed by atoms with Gasteiger partial charge in [0, 0.05) is 18.3 Å². The summed E-state index contributed by atoms with van der Waals surface area (Å²) in [7, 11) is 0. The van der Waals surface area contributed by atoms with Crippen LogP contribution in [0.25, 0.3) is 0 Å². The second-order valence-electron chi connectivity index (χ2n) is 11.4. The Bertz CT molecular complexity index is 1170. The first-order chi connectivity index (χ1) is 17.5. The summed E-state index contributed by atoms with van der Waals surface area (Å²) in [6.45, 7) is 10.6. The van der Waals surface area contributed by atoms with Gasteiger partial charge in [0.05, 0.1) is 12.6 Å². The Kier molecular flexibility index (Phi) is 7.48. The highest BCUT2D eigenvalue weighted by Gasteiger charge is 2.52. The number of fused-ring (bicyclic) bond motifs is 1. The van der Waals surface area contributed by atoms with E-state index >= 15 is 0 Å². The normalized spacial score (nSPS) is 20.2. The summed E-state index contributed by atoms with van der Waals surface area (Å²) in [6.07, 6.45) is 2.50. The van der Waals surface area contributed by atoms with E-state index in [-0.39, 0.29) is 53.1 Å². The van der Waals surface area contributed by atoms with Crippen LogP contribution in [0.1, 0.15) is 73.9 Å². The molecule has 0 saturated carbocycles. The van der Waals surface area contributed by atoms with Crippen LogP contribution >= 0.6 is 0 Å². The van der Waals surface area contributed by atoms with Gasteiger partial charge in [0.25, 0.3) is 11.8 Å². The molecule has 8 heteroatoms. The van der Waals surface area contributed by atoms with Crippen LogP contribution in [0.15, 0.2) is 48.7 Å². The number of nitrogens with zero attached hydrogens (tertiary/aromatic N) is 3. The smallest absolute Gasteiger partial charge is 0.273 e. The summed E-state index contributed by atoms with van der Waals surface area (Å²) in [5.74, 6) is -0.910. The highest BCUT2D eigenvalue weighted by Crippen LogP contribution is 2.31. The van der Waals surface area contributed by atoms with Crippen LogP contribution < -0.4 is 5.32 Å². The number of ketones is 1. The molecule has 0 aliphatic carbocycles. The molecule has 8 nitrogen and oxygen atoms in total. The van der Waals surface area contributed by atoms with Gasteiger partial charge in [-0.25, -0.2) is 0 Å². The molecule has 2 aliphatic heterocycles. The lowest BCUT2D eigenvalue weighted by atomic mass is 9.86. The minimum absolute atomic E-state index is 0.0307. The molecule has 4 rings (SSSR count). The lowest BCUT2D eigenvalue weighted by Gasteiger charge is -2.29. The molecule has 3 atom stereocenters. The number of benzene rings is 1. The molecule has 196 valence electrons. The van der Waals surface area contributed by atoms with Crippen molar-refractivity contribution < 1.29 is 19.2 Å². The summed E-state index contributed by atoms with van der Waals surface area (Å²) in [6, 6.07) is 10.7. The average molecular weight is 505 g/mol. The van der Waals surface area contributed by atoms with Crippen molar-refractivity contribution in [2.24, 2.45) is 5.92 Å². The second-order valence-corrected chi connectivity index (χ2v) is 11.4. The molecular formula is C29H36N4O4. The predicted molar refractivity (Wildman–Crippen MR) is 140 cm³/mol. The molecule has 0 spiro atoms. The van der Waals surface area contributed by atoms with Gasteiger partial charge in [0.15, 0.2) is 5.78 Å². The second kappa shape index (κ2) is 10.4. The number of nitrogens with one attached hydrogen (secondary N) is 1. The van der Waals surface area contributed by atoms with E-state index in [0.29, 0.717) is 24.9 Å². The van der Waals surface area contributed by atoms with E-state index in [0.717, 1.165) is 5.56 Å². The number of Topliss-reactive ketones (excluding diaryl/α,β-unsaturated/α-hetero) is 1. The molecule has 2 aliphatic rings. The molecule has 2 aromatic rings. The maximum absolute atomic E-state index is 13.7. The Labute approximate surface area is 218 Å². The fourth-order valence-electron chi connectivity index (χ4n) is 5.23. The van der Waals surface area contributed by atoms with Gasteiger partial charge in [-0.05, 0) is 54.0 Å². The Hall–Kier alpha value is -3.55. The van der Waals surface area contributed by atoms with Gasteiger partial charge in [-0.2, -0.15) is 0 Å². The number of rotatable bonds is 6. The lowest BCUT2D eigenvalue weighted by molar-refractivity contribution is -0.138. The van der Waals surface area contributed by atoms with Crippen molar-refractivity contribution in [2.45, 2.75) is 71.0 Å². The molecule has 2 unspecified atom stereocenters. The van der Waals surface area contributed by atoms with Gasteiger partial charge < -0.3 is 15.1 Å². The van der Waals surface area contributed by atoms with Crippen LogP contribution in [0.5, 0.6) is 0 Å². The fraction of sp³-hybridized carbons (Fsp3) is 0.483. The van der Waals surface area contributed by atoms with Crippen molar-refractivity contribution in [3.05, 3.63) is 65.5 Å². The lowest BCUT2D eigenvalue weighted by Crippen LogP contribution is -2.53. The monoisotopic (exact) mass is 504 g/mol. The third-order valence-electron chi connectivity index (χ3n) is 7.17. The number of carbonyl (C=O) groups excluding carboxylic acids is 4. The first-order valence-electron chi connectivity index (χ1n) is 12.9. The fourth-order valence-corrected chi connectivity index (χ4v) is 5.23. The third-order valence-corrected chi connectivity index (χ3v) is 7.17. The number of likely N-dealkylation sites (tertiary alicyclic amines) is 2. The van der Waals surface area contributed by atoms with Crippen LogP contribution in [0.2, 0.25) is 0 Å². The summed E-state index contributed by atoms with van der Waals surface area (Å²) < 4.78 is 0. The minimum Gasteiger partial charge on any atom is -0.340 e. The molecule has 3 amide bonds. The Balaban J connectivity index is 1.50. The standard InChI is InChI=1S/C29H36N4O4/c1-18(2)16-22(31-26(35)19-9-11-20(12-10-19)29(3,4)5)28(37)32-15-13-23-25(32)24(34)17-33(23)27(36)21-8-6-7-14-30-21/h6-12,14,18,22-23,25H,13,15-17H2,1-5H3,(H,31,35)/t22?,23?,25-/m0/s1. The molecule has 1 aromatic heterocycles. The molecule has 0 bridgehead atoms. The van der Waals surface area contributed by atoms with Crippen molar-refractivity contribution in [1.29, 1.82) is 0 Å². The van der Waals surface area contributed by atoms with Crippen LogP contribution in [-0.4, -0.2) is 69.5 Å². The number of carbonyl (C=O) groups is 4. The highest BCUT2D eigenvalue weighted by molar-refractivity contribution is 6.03. The maximum atomic E-state index is 13.7. The number of amides is 3. The van der Waals surface area contributed by atoms with Crippen molar-refractivity contribution in [3.8, 4) is 0 Å². The summed E-state index contributed by atoms with van der Waals surface area (Å²) in [5, 5.41) is 2.92. The minimum atomic E-state index is -0.762. The molecule has 2 saturated heterocycles. The van der Waals surface area contributed by atoms with E-state index in [9.17, 15) is 19.2 Å². The Morgan fingerprint density at radius 1 is 1.05 bits per heavy atom. The molecule has 0 radical (unpaired) electrons. The van der Waals surface area contributed by atoms with Crippen LogP contribution in [0, 0.1) is 5.92 Å². The van der Waals surface area contributed by atoms with Crippen LogP contribution in [0.3, 0.4) is 0 Å². The highest BCUT2D eigenvalue weighted by atomic mass is 16.2. The van der Waals surface area contributed by atoms with E-state index in [1.54, 1.807) is 41.4 Å². The van der Waals surface area contributed by atoms with Gasteiger partial charge in [-0.15, -0.1) is 0 Å². The molecule has 37 heavy (non-hydrogen) atoms. The van der Waals surface area contributed by atoms with Gasteiger partial charge in [-0.1, -0.05) is 52.8 Å². The topological polar surface area (TPSA) is 99.7 Å². The molecule has 2 fully saturated rings. The van der Waals surface area contributed by atoms with Crippen molar-refractivity contribution in [3.63, 3.8) is 0 Å². The Morgan fingerprint density at radius 3 is 2.35 bits per heavy atom. The molecular weight excluding hydrogens is 468 g/mol. The van der Waals surface area contributed by atoms with Gasteiger partial charge >= 0.3 is 0 Å². The summed E-state index contributed by atoms with van der Waals surface area (Å²) in [4.78, 5) is 60.1. The number of pyridine rings is 1. The largest absolute Gasteiger partial charge is 0.340 e. The van der Waals surface area contributed by atoms with Gasteiger partial charge in [-0.3, -0.25) is 24.2 Å². The average Bonchev–Trinajstić information content (AvgIpc) is 3.44. The maximum Gasteiger partial charge on any atom is 0.273 e. The number of hydrogen-bond acceptors (Lipinski definition) is 5. The third kappa shape index (κ3) is 5.58. The van der Waals surface area contributed by atoms with E-state index in [1.807, 2.05) is 26.0 Å². The van der Waals surface area contributed by atoms with Crippen LogP contribution in [0.4, 0.5) is 0 Å². The van der Waals surface area contributed by atoms with E-state index in [1.165, 1.54) is 4.90 Å². The Morgan fingerprint density at radius 2 is 1.76 bits per heavy atom. The number of aromatic nitrogens is 1. The zero-order chi connectivity index (χ0) is 26.9. The summed E-state index contributed by atoms with van der Waals surface area (Å²) >= 11 is 0.